The third kappa shape index (κ3) is 3.82. The largest absolute Gasteiger partial charge is 0.393 e. The molecule has 2 unspecified atom stereocenters. The van der Waals surface area contributed by atoms with E-state index in [0.29, 0.717) is 12.5 Å². The molecule has 0 aromatic rings. The number of aliphatic hydroxyl groups excluding tert-OH is 1. The first-order valence-electron chi connectivity index (χ1n) is 3.86. The Kier molecular flexibility index (Phi) is 5.58. The molecule has 0 bridgehead atoms. The van der Waals surface area contributed by atoms with Crippen molar-refractivity contribution in [1.82, 2.24) is 0 Å². The number of aliphatic hydroxyl groups is 1. The van der Waals surface area contributed by atoms with Crippen LogP contribution >= 0.6 is 0 Å². The summed E-state index contributed by atoms with van der Waals surface area (Å²) in [5.41, 5.74) is 1.15. The molecule has 0 aromatic carbocycles. The molecule has 0 heterocycles. The molecule has 0 fully saturated rings. The first-order valence-corrected chi connectivity index (χ1v) is 3.86. The lowest BCUT2D eigenvalue weighted by atomic mass is 9.99. The molecule has 0 radical (unpaired) electrons. The van der Waals surface area contributed by atoms with Crippen LogP contribution in [0.1, 0.15) is 26.7 Å². The molecular formula is C7H18NO2+. The Bertz CT molecular complexity index is 78.0. The molecule has 0 aromatic heterocycles. The fourth-order valence-corrected chi connectivity index (χ4v) is 0.932. The number of hydroxylamine groups is 1. The second-order valence-electron chi connectivity index (χ2n) is 2.71. The maximum Gasteiger partial charge on any atom is 0.105 e. The molecule has 0 saturated heterocycles. The fourth-order valence-electron chi connectivity index (χ4n) is 0.932. The number of hydrogen-bond donors (Lipinski definition) is 3. The van der Waals surface area contributed by atoms with Gasteiger partial charge in [-0.25, -0.2) is 10.7 Å². The van der Waals surface area contributed by atoms with Crippen LogP contribution in [0.2, 0.25) is 0 Å². The molecule has 0 aliphatic carbocycles. The van der Waals surface area contributed by atoms with Crippen LogP contribution in [0, 0.1) is 5.92 Å². The van der Waals surface area contributed by atoms with Gasteiger partial charge in [-0.1, -0.05) is 13.8 Å². The maximum absolute atomic E-state index is 9.26. The van der Waals surface area contributed by atoms with E-state index >= 15 is 0 Å². The summed E-state index contributed by atoms with van der Waals surface area (Å²) >= 11 is 0. The summed E-state index contributed by atoms with van der Waals surface area (Å²) in [5.74, 6) is 0.299. The summed E-state index contributed by atoms with van der Waals surface area (Å²) in [4.78, 5) is 0. The first-order chi connectivity index (χ1) is 4.72. The van der Waals surface area contributed by atoms with E-state index in [1.165, 1.54) is 0 Å². The normalized spacial score (nSPS) is 16.8. The van der Waals surface area contributed by atoms with E-state index in [1.54, 1.807) is 0 Å². The third-order valence-corrected chi connectivity index (χ3v) is 1.83. The van der Waals surface area contributed by atoms with E-state index in [4.69, 9.17) is 5.21 Å². The van der Waals surface area contributed by atoms with Gasteiger partial charge in [0.05, 0.1) is 6.10 Å². The summed E-state index contributed by atoms with van der Waals surface area (Å²) < 4.78 is 0. The summed E-state index contributed by atoms with van der Waals surface area (Å²) in [6.07, 6.45) is 1.46. The average molecular weight is 148 g/mol. The van der Waals surface area contributed by atoms with E-state index < -0.39 is 0 Å². The number of nitrogens with two attached hydrogens (primary N) is 1. The highest BCUT2D eigenvalue weighted by Crippen LogP contribution is 2.08. The van der Waals surface area contributed by atoms with Crippen LogP contribution in [-0.4, -0.2) is 23.0 Å². The van der Waals surface area contributed by atoms with Crippen molar-refractivity contribution in [2.24, 2.45) is 5.92 Å². The molecule has 3 heteroatoms. The highest BCUT2D eigenvalue weighted by atomic mass is 16.5. The lowest BCUT2D eigenvalue weighted by Crippen LogP contribution is -2.80. The Balaban J connectivity index is 3.31. The van der Waals surface area contributed by atoms with Gasteiger partial charge in [0.2, 0.25) is 0 Å². The molecule has 0 rings (SSSR count). The Morgan fingerprint density at radius 1 is 1.50 bits per heavy atom. The minimum absolute atomic E-state index is 0.208. The molecule has 0 aliphatic rings. The van der Waals surface area contributed by atoms with E-state index in [-0.39, 0.29) is 6.10 Å². The molecule has 0 amide bonds. The minimum atomic E-state index is -0.208. The van der Waals surface area contributed by atoms with Gasteiger partial charge in [0, 0.05) is 6.42 Å². The smallest absolute Gasteiger partial charge is 0.105 e. The van der Waals surface area contributed by atoms with Crippen LogP contribution in [-0.2, 0) is 0 Å². The van der Waals surface area contributed by atoms with Gasteiger partial charge in [-0.3, -0.25) is 0 Å². The Labute approximate surface area is 62.0 Å². The molecule has 4 N–H and O–H groups in total. The van der Waals surface area contributed by atoms with E-state index in [9.17, 15) is 5.11 Å². The molecule has 3 nitrogen and oxygen atoms in total. The van der Waals surface area contributed by atoms with E-state index in [2.05, 4.69) is 0 Å². The summed E-state index contributed by atoms with van der Waals surface area (Å²) in [7, 11) is 0. The quantitative estimate of drug-likeness (QED) is 0.470. The molecule has 0 aliphatic heterocycles. The van der Waals surface area contributed by atoms with Gasteiger partial charge in [-0.05, 0) is 12.3 Å². The minimum Gasteiger partial charge on any atom is -0.393 e. The van der Waals surface area contributed by atoms with Crippen molar-refractivity contribution < 1.29 is 15.8 Å². The molecule has 0 saturated carbocycles. The number of hydrogen-bond acceptors (Lipinski definition) is 2. The van der Waals surface area contributed by atoms with E-state index in [1.807, 2.05) is 13.8 Å². The zero-order valence-corrected chi connectivity index (χ0v) is 6.75. The van der Waals surface area contributed by atoms with Gasteiger partial charge in [0.15, 0.2) is 0 Å². The zero-order valence-electron chi connectivity index (χ0n) is 6.75. The van der Waals surface area contributed by atoms with Gasteiger partial charge in [-0.2, -0.15) is 0 Å². The summed E-state index contributed by atoms with van der Waals surface area (Å²) in [6, 6.07) is 0. The van der Waals surface area contributed by atoms with Crippen molar-refractivity contribution in [2.75, 3.05) is 6.54 Å². The second-order valence-corrected chi connectivity index (χ2v) is 2.71. The SMILES string of the molecule is CCC(O)C(C)CC[NH2+]O. The molecule has 0 spiro atoms. The highest BCUT2D eigenvalue weighted by Gasteiger charge is 2.11. The fraction of sp³-hybridized carbons (Fsp3) is 1.00. The van der Waals surface area contributed by atoms with Crippen molar-refractivity contribution in [2.45, 2.75) is 32.8 Å². The van der Waals surface area contributed by atoms with Crippen molar-refractivity contribution in [3.63, 3.8) is 0 Å². The third-order valence-electron chi connectivity index (χ3n) is 1.83. The van der Waals surface area contributed by atoms with Crippen LogP contribution in [0.5, 0.6) is 0 Å². The average Bonchev–Trinajstić information content (AvgIpc) is 1.98. The first kappa shape index (κ1) is 9.88. The lowest BCUT2D eigenvalue weighted by molar-refractivity contribution is -0.887. The standard InChI is InChI=1S/C7H17NO2/c1-3-7(9)6(2)4-5-8-10/h6-10H,3-5H2,1-2H3/p+1. The predicted molar refractivity (Wildman–Crippen MR) is 38.7 cm³/mol. The summed E-state index contributed by atoms with van der Waals surface area (Å²) in [6.45, 7) is 4.64. The van der Waals surface area contributed by atoms with Gasteiger partial charge in [-0.15, -0.1) is 0 Å². The highest BCUT2D eigenvalue weighted by molar-refractivity contribution is 4.60. The van der Waals surface area contributed by atoms with Crippen molar-refractivity contribution in [3.05, 3.63) is 0 Å². The Morgan fingerprint density at radius 2 is 2.10 bits per heavy atom. The van der Waals surface area contributed by atoms with Crippen LogP contribution in [0.15, 0.2) is 0 Å². The topological polar surface area (TPSA) is 57.1 Å². The Morgan fingerprint density at radius 3 is 2.50 bits per heavy atom. The van der Waals surface area contributed by atoms with Crippen LogP contribution in [0.3, 0.4) is 0 Å². The van der Waals surface area contributed by atoms with Crippen LogP contribution < -0.4 is 5.48 Å². The lowest BCUT2D eigenvalue weighted by Gasteiger charge is -2.14. The van der Waals surface area contributed by atoms with Gasteiger partial charge >= 0.3 is 0 Å². The molecule has 10 heavy (non-hydrogen) atoms. The monoisotopic (exact) mass is 148 g/mol. The molecular weight excluding hydrogens is 130 g/mol. The molecule has 2 atom stereocenters. The number of rotatable bonds is 5. The summed E-state index contributed by atoms with van der Waals surface area (Å²) in [5, 5.41) is 17.6. The van der Waals surface area contributed by atoms with Gasteiger partial charge in [0.1, 0.15) is 6.54 Å². The molecule has 62 valence electrons. The van der Waals surface area contributed by atoms with Crippen LogP contribution in [0.4, 0.5) is 0 Å². The maximum atomic E-state index is 9.26. The van der Waals surface area contributed by atoms with Crippen LogP contribution in [0.25, 0.3) is 0 Å². The second kappa shape index (κ2) is 5.65. The van der Waals surface area contributed by atoms with Crippen molar-refractivity contribution in [1.29, 1.82) is 0 Å². The van der Waals surface area contributed by atoms with Gasteiger partial charge < -0.3 is 5.11 Å². The number of quaternary nitrogens is 1. The Hall–Kier alpha value is -0.120. The van der Waals surface area contributed by atoms with Gasteiger partial charge in [0.25, 0.3) is 0 Å². The van der Waals surface area contributed by atoms with E-state index in [0.717, 1.165) is 18.3 Å². The van der Waals surface area contributed by atoms with Crippen molar-refractivity contribution in [3.8, 4) is 0 Å². The zero-order chi connectivity index (χ0) is 7.98. The predicted octanol–water partition coefficient (Wildman–Crippen LogP) is -0.264. The van der Waals surface area contributed by atoms with Crippen molar-refractivity contribution >= 4 is 0 Å².